The molecule has 1 unspecified atom stereocenters. The maximum Gasteiger partial charge on any atom is 0.227 e. The molecule has 0 radical (unpaired) electrons. The molecule has 2 rings (SSSR count). The summed E-state index contributed by atoms with van der Waals surface area (Å²) in [6.45, 7) is 5.40. The second-order valence-corrected chi connectivity index (χ2v) is 10.5. The van der Waals surface area contributed by atoms with E-state index in [1.807, 2.05) is 0 Å². The first-order valence-electron chi connectivity index (χ1n) is 14.1. The van der Waals surface area contributed by atoms with Gasteiger partial charge in [-0.2, -0.15) is 0 Å². The van der Waals surface area contributed by atoms with Crippen molar-refractivity contribution in [1.29, 1.82) is 0 Å². The van der Waals surface area contributed by atoms with E-state index >= 15 is 0 Å². The average Bonchev–Trinajstić information content (AvgIpc) is 3.31. The second-order valence-electron chi connectivity index (χ2n) is 9.42. The first kappa shape index (κ1) is 30.7. The molecule has 202 valence electrons. The summed E-state index contributed by atoms with van der Waals surface area (Å²) < 4.78 is 0. The zero-order valence-corrected chi connectivity index (χ0v) is 23.7. The minimum absolute atomic E-state index is 0.286. The van der Waals surface area contributed by atoms with Crippen LogP contribution in [0.3, 0.4) is 0 Å². The third-order valence-electron chi connectivity index (χ3n) is 6.25. The fourth-order valence-electron chi connectivity index (χ4n) is 4.16. The predicted octanol–water partition coefficient (Wildman–Crippen LogP) is 7.66. The predicted molar refractivity (Wildman–Crippen MR) is 161 cm³/mol. The summed E-state index contributed by atoms with van der Waals surface area (Å²) in [5.41, 5.74) is 6.92. The van der Waals surface area contributed by atoms with E-state index in [-0.39, 0.29) is 11.8 Å². The topological polar surface area (TPSA) is 68.0 Å². The molecular formula is C32H47N3OS. The average molecular weight is 522 g/mol. The van der Waals surface area contributed by atoms with E-state index in [0.717, 1.165) is 75.8 Å². The van der Waals surface area contributed by atoms with E-state index in [9.17, 15) is 4.79 Å². The number of allylic oxidation sites excluding steroid dienone is 12. The Labute approximate surface area is 229 Å². The molecule has 1 amide bonds. The fourth-order valence-corrected chi connectivity index (χ4v) is 5.47. The van der Waals surface area contributed by atoms with Gasteiger partial charge in [-0.05, 0) is 77.2 Å². The molecule has 1 heterocycles. The summed E-state index contributed by atoms with van der Waals surface area (Å²) in [5, 5.41) is 4.50. The van der Waals surface area contributed by atoms with Crippen LogP contribution in [0.15, 0.2) is 72.9 Å². The van der Waals surface area contributed by atoms with Crippen molar-refractivity contribution in [2.75, 3.05) is 6.54 Å². The zero-order valence-electron chi connectivity index (χ0n) is 22.9. The molecule has 0 aromatic carbocycles. The van der Waals surface area contributed by atoms with Crippen molar-refractivity contribution in [2.24, 2.45) is 5.73 Å². The number of aryl methyl sites for hydroxylation is 1. The van der Waals surface area contributed by atoms with Crippen LogP contribution in [-0.2, 0) is 17.6 Å². The number of hydrogen-bond acceptors (Lipinski definition) is 4. The Morgan fingerprint density at radius 2 is 1.46 bits per heavy atom. The van der Waals surface area contributed by atoms with Crippen LogP contribution in [0.1, 0.15) is 93.1 Å². The highest BCUT2D eigenvalue weighted by molar-refractivity contribution is 7.12. The molecule has 1 aliphatic rings. The number of primary amides is 1. The van der Waals surface area contributed by atoms with Crippen LogP contribution in [0.5, 0.6) is 0 Å². The van der Waals surface area contributed by atoms with Crippen molar-refractivity contribution in [3.05, 3.63) is 88.5 Å². The van der Waals surface area contributed by atoms with Crippen molar-refractivity contribution >= 4 is 17.2 Å². The van der Waals surface area contributed by atoms with E-state index in [0.29, 0.717) is 12.5 Å². The van der Waals surface area contributed by atoms with Gasteiger partial charge in [0.05, 0.1) is 11.6 Å². The maximum atomic E-state index is 12.1. The molecule has 0 aliphatic heterocycles. The van der Waals surface area contributed by atoms with Gasteiger partial charge in [0.2, 0.25) is 5.91 Å². The molecule has 37 heavy (non-hydrogen) atoms. The molecule has 1 aromatic rings. The van der Waals surface area contributed by atoms with Gasteiger partial charge in [0, 0.05) is 10.9 Å². The molecule has 0 saturated carbocycles. The number of nitrogens with one attached hydrogen (secondary N) is 1. The lowest BCUT2D eigenvalue weighted by molar-refractivity contribution is -0.119. The Morgan fingerprint density at radius 3 is 1.97 bits per heavy atom. The molecule has 1 aliphatic carbocycles. The Balaban J connectivity index is 1.65. The van der Waals surface area contributed by atoms with Crippen molar-refractivity contribution in [3.8, 4) is 0 Å². The van der Waals surface area contributed by atoms with Crippen molar-refractivity contribution < 1.29 is 4.79 Å². The van der Waals surface area contributed by atoms with Crippen molar-refractivity contribution in [1.82, 2.24) is 10.3 Å². The minimum atomic E-state index is -0.331. The number of carbonyl (C=O) groups is 1. The highest BCUT2D eigenvalue weighted by Gasteiger charge is 2.26. The molecule has 2 atom stereocenters. The number of nitrogens with zero attached hydrogens (tertiary/aromatic N) is 1. The van der Waals surface area contributed by atoms with Crippen LogP contribution in [0, 0.1) is 0 Å². The number of hydrogen-bond donors (Lipinski definition) is 2. The third-order valence-corrected chi connectivity index (χ3v) is 7.48. The largest absolute Gasteiger partial charge is 0.369 e. The molecule has 5 heteroatoms. The van der Waals surface area contributed by atoms with Gasteiger partial charge in [-0.3, -0.25) is 4.79 Å². The van der Waals surface area contributed by atoms with Crippen LogP contribution in [0.25, 0.3) is 0 Å². The number of aromatic nitrogens is 1. The van der Waals surface area contributed by atoms with Crippen LogP contribution < -0.4 is 11.1 Å². The van der Waals surface area contributed by atoms with Gasteiger partial charge in [0.1, 0.15) is 5.01 Å². The molecule has 0 fully saturated rings. The summed E-state index contributed by atoms with van der Waals surface area (Å²) in [6.07, 6.45) is 37.0. The standard InChI is InChI=1S/C32H47N3OS/c1-3-5-6-7-8-9-10-11-12-13-14-15-16-17-18-19-20-21-22-28(31(33)36)32-35-29-24-23-27(34-25-4-2)26-30(29)37-32/h5-6,8-9,11-12,14-15,17-18,20-21,27-28,34H,3-4,7,10,13,16,19,22-26H2,1-2H3,(H2,33,36)/t27-,28?/m1/s1. The summed E-state index contributed by atoms with van der Waals surface area (Å²) in [7, 11) is 0. The Kier molecular flexibility index (Phi) is 16.3. The lowest BCUT2D eigenvalue weighted by atomic mass is 9.97. The quantitative estimate of drug-likeness (QED) is 0.195. The molecule has 0 saturated heterocycles. The van der Waals surface area contributed by atoms with Gasteiger partial charge in [-0.1, -0.05) is 86.8 Å². The molecule has 1 aromatic heterocycles. The third kappa shape index (κ3) is 13.0. The molecule has 0 bridgehead atoms. The first-order chi connectivity index (χ1) is 18.2. The summed E-state index contributed by atoms with van der Waals surface area (Å²) >= 11 is 1.68. The van der Waals surface area contributed by atoms with E-state index in [2.05, 4.69) is 92.1 Å². The van der Waals surface area contributed by atoms with Crippen molar-refractivity contribution in [2.45, 2.75) is 96.4 Å². The number of carbonyl (C=O) groups excluding carboxylic acids is 1. The van der Waals surface area contributed by atoms with Gasteiger partial charge in [-0.25, -0.2) is 4.98 Å². The SMILES string of the molecule is CCC=CCC=CCC=CCC=CCC=CCC=CCC(C(N)=O)c1nc2c(s1)C[C@H](NCCC)CC2. The van der Waals surface area contributed by atoms with E-state index in [1.54, 1.807) is 11.3 Å². The molecule has 4 nitrogen and oxygen atoms in total. The van der Waals surface area contributed by atoms with E-state index < -0.39 is 0 Å². The highest BCUT2D eigenvalue weighted by atomic mass is 32.1. The van der Waals surface area contributed by atoms with Crippen LogP contribution in [0.2, 0.25) is 0 Å². The van der Waals surface area contributed by atoms with Gasteiger partial charge in [0.25, 0.3) is 0 Å². The van der Waals surface area contributed by atoms with Gasteiger partial charge in [-0.15, -0.1) is 11.3 Å². The Morgan fingerprint density at radius 1 is 0.919 bits per heavy atom. The highest BCUT2D eigenvalue weighted by Crippen LogP contribution is 2.32. The molecular weight excluding hydrogens is 474 g/mol. The van der Waals surface area contributed by atoms with E-state index in [1.165, 1.54) is 10.6 Å². The van der Waals surface area contributed by atoms with Crippen LogP contribution >= 0.6 is 11.3 Å². The maximum absolute atomic E-state index is 12.1. The van der Waals surface area contributed by atoms with Crippen LogP contribution in [-0.4, -0.2) is 23.5 Å². The fraction of sp³-hybridized carbons (Fsp3) is 0.500. The monoisotopic (exact) mass is 521 g/mol. The minimum Gasteiger partial charge on any atom is -0.369 e. The summed E-state index contributed by atoms with van der Waals surface area (Å²) in [5.74, 6) is -0.617. The zero-order chi connectivity index (χ0) is 26.6. The Hall–Kier alpha value is -2.50. The number of fused-ring (bicyclic) bond motifs is 1. The van der Waals surface area contributed by atoms with Crippen molar-refractivity contribution in [3.63, 3.8) is 0 Å². The number of rotatable bonds is 18. The first-order valence-corrected chi connectivity index (χ1v) is 14.9. The van der Waals surface area contributed by atoms with Gasteiger partial charge in [0.15, 0.2) is 0 Å². The van der Waals surface area contributed by atoms with Gasteiger partial charge < -0.3 is 11.1 Å². The second kappa shape index (κ2) is 19.6. The number of thiazole rings is 1. The summed E-state index contributed by atoms with van der Waals surface area (Å²) in [6, 6.07) is 0.524. The lowest BCUT2D eigenvalue weighted by Crippen LogP contribution is -2.34. The van der Waals surface area contributed by atoms with Gasteiger partial charge >= 0.3 is 0 Å². The normalized spacial score (nSPS) is 17.4. The summed E-state index contributed by atoms with van der Waals surface area (Å²) in [4.78, 5) is 18.3. The molecule has 0 spiro atoms. The van der Waals surface area contributed by atoms with Crippen LogP contribution in [0.4, 0.5) is 0 Å². The lowest BCUT2D eigenvalue weighted by Gasteiger charge is -2.22. The molecule has 3 N–H and O–H groups in total. The Bertz CT molecular complexity index is 951. The number of amides is 1. The smallest absolute Gasteiger partial charge is 0.227 e. The number of nitrogens with two attached hydrogens (primary N) is 1. The van der Waals surface area contributed by atoms with E-state index in [4.69, 9.17) is 10.7 Å².